The molecule has 0 spiro atoms. The second-order valence-electron chi connectivity index (χ2n) is 6.27. The second-order valence-corrected chi connectivity index (χ2v) is 6.27. The number of hydrogen-bond donors (Lipinski definition) is 1. The molecule has 3 heteroatoms. The molecule has 0 aliphatic heterocycles. The molecule has 0 bridgehead atoms. The highest BCUT2D eigenvalue weighted by Gasteiger charge is 2.38. The summed E-state index contributed by atoms with van der Waals surface area (Å²) in [4.78, 5) is 0. The Morgan fingerprint density at radius 1 is 1.26 bits per heavy atom. The minimum atomic E-state index is -0.370. The van der Waals surface area contributed by atoms with Gasteiger partial charge in [-0.15, -0.1) is 0 Å². The smallest absolute Gasteiger partial charge is 0.128 e. The average molecular weight is 267 g/mol. The first-order valence-electron chi connectivity index (χ1n) is 7.08. The molecule has 1 fully saturated rings. The molecule has 1 saturated carbocycles. The topological polar surface area (TPSA) is 12.0 Å². The van der Waals surface area contributed by atoms with Gasteiger partial charge in [0.05, 0.1) is 0 Å². The van der Waals surface area contributed by atoms with Crippen LogP contribution in [0.2, 0.25) is 0 Å². The summed E-state index contributed by atoms with van der Waals surface area (Å²) in [5.41, 5.74) is 0.618. The molecule has 1 N–H and O–H groups in total. The van der Waals surface area contributed by atoms with Crippen LogP contribution in [-0.2, 0) is 0 Å². The van der Waals surface area contributed by atoms with Crippen LogP contribution in [-0.4, -0.2) is 7.05 Å². The Kier molecular flexibility index (Phi) is 4.24. The summed E-state index contributed by atoms with van der Waals surface area (Å²) in [5.74, 6) is -0.352. The summed E-state index contributed by atoms with van der Waals surface area (Å²) < 4.78 is 27.4. The third-order valence-corrected chi connectivity index (χ3v) is 4.60. The summed E-state index contributed by atoms with van der Waals surface area (Å²) in [7, 11) is 1.83. The van der Waals surface area contributed by atoms with E-state index in [9.17, 15) is 8.78 Å². The third-order valence-electron chi connectivity index (χ3n) is 4.60. The molecule has 0 radical (unpaired) electrons. The van der Waals surface area contributed by atoms with Crippen LogP contribution in [0.1, 0.15) is 51.1 Å². The van der Waals surface area contributed by atoms with Gasteiger partial charge >= 0.3 is 0 Å². The lowest BCUT2D eigenvalue weighted by atomic mass is 9.65. The highest BCUT2D eigenvalue weighted by molar-refractivity contribution is 5.24. The maximum absolute atomic E-state index is 14.0. The fourth-order valence-corrected chi connectivity index (χ4v) is 3.47. The van der Waals surface area contributed by atoms with E-state index in [-0.39, 0.29) is 23.1 Å². The van der Waals surface area contributed by atoms with E-state index in [0.717, 1.165) is 12.8 Å². The third kappa shape index (κ3) is 2.97. The predicted molar refractivity (Wildman–Crippen MR) is 73.9 cm³/mol. The zero-order valence-corrected chi connectivity index (χ0v) is 12.0. The van der Waals surface area contributed by atoms with Gasteiger partial charge in [-0.25, -0.2) is 8.78 Å². The maximum atomic E-state index is 14.0. The van der Waals surface area contributed by atoms with Gasteiger partial charge in [0.1, 0.15) is 11.6 Å². The Morgan fingerprint density at radius 2 is 2.00 bits per heavy atom. The van der Waals surface area contributed by atoms with Crippen LogP contribution in [0.3, 0.4) is 0 Å². The number of rotatable bonds is 3. The van der Waals surface area contributed by atoms with Crippen LogP contribution in [0, 0.1) is 23.0 Å². The molecule has 106 valence electrons. The fraction of sp³-hybridized carbons (Fsp3) is 0.625. The first-order valence-corrected chi connectivity index (χ1v) is 7.08. The SMILES string of the molecule is CNC(c1cc(F)ccc1F)C1CCCCC1(C)C. The molecule has 0 aromatic heterocycles. The lowest BCUT2D eigenvalue weighted by Crippen LogP contribution is -2.38. The van der Waals surface area contributed by atoms with Crippen LogP contribution >= 0.6 is 0 Å². The summed E-state index contributed by atoms with van der Waals surface area (Å²) in [6, 6.07) is 3.62. The molecular formula is C16H23F2N. The van der Waals surface area contributed by atoms with Crippen LogP contribution in [0.15, 0.2) is 18.2 Å². The van der Waals surface area contributed by atoms with Gasteiger partial charge in [0.15, 0.2) is 0 Å². The molecule has 1 aliphatic carbocycles. The molecule has 0 amide bonds. The van der Waals surface area contributed by atoms with Crippen molar-refractivity contribution in [3.8, 4) is 0 Å². The number of hydrogen-bond acceptors (Lipinski definition) is 1. The van der Waals surface area contributed by atoms with Gasteiger partial charge in [-0.05, 0) is 49.4 Å². The van der Waals surface area contributed by atoms with Gasteiger partial charge in [0.2, 0.25) is 0 Å². The van der Waals surface area contributed by atoms with Crippen molar-refractivity contribution in [2.45, 2.75) is 45.6 Å². The van der Waals surface area contributed by atoms with E-state index in [1.165, 1.54) is 31.0 Å². The van der Waals surface area contributed by atoms with Gasteiger partial charge in [-0.3, -0.25) is 0 Å². The summed E-state index contributed by atoms with van der Waals surface area (Å²) in [5, 5.41) is 3.21. The van der Waals surface area contributed by atoms with E-state index in [1.54, 1.807) is 0 Å². The van der Waals surface area contributed by atoms with Crippen molar-refractivity contribution in [1.82, 2.24) is 5.32 Å². The molecule has 2 rings (SSSR count). The van der Waals surface area contributed by atoms with Gasteiger partial charge in [0, 0.05) is 11.6 Å². The van der Waals surface area contributed by atoms with Crippen LogP contribution in [0.5, 0.6) is 0 Å². The lowest BCUT2D eigenvalue weighted by molar-refractivity contribution is 0.0997. The van der Waals surface area contributed by atoms with Gasteiger partial charge in [-0.1, -0.05) is 26.7 Å². The molecule has 1 aliphatic rings. The number of benzene rings is 1. The second kappa shape index (κ2) is 5.58. The predicted octanol–water partition coefficient (Wildman–Crippen LogP) is 4.44. The molecule has 2 unspecified atom stereocenters. The van der Waals surface area contributed by atoms with Crippen LogP contribution in [0.4, 0.5) is 8.78 Å². The lowest BCUT2D eigenvalue weighted by Gasteiger charge is -2.43. The van der Waals surface area contributed by atoms with Crippen LogP contribution < -0.4 is 5.32 Å². The van der Waals surface area contributed by atoms with E-state index in [0.29, 0.717) is 11.5 Å². The van der Waals surface area contributed by atoms with E-state index in [2.05, 4.69) is 19.2 Å². The highest BCUT2D eigenvalue weighted by atomic mass is 19.1. The molecule has 1 nitrogen and oxygen atoms in total. The van der Waals surface area contributed by atoms with E-state index < -0.39 is 0 Å². The quantitative estimate of drug-likeness (QED) is 0.853. The number of nitrogens with one attached hydrogen (secondary N) is 1. The van der Waals surface area contributed by atoms with Crippen LogP contribution in [0.25, 0.3) is 0 Å². The fourth-order valence-electron chi connectivity index (χ4n) is 3.47. The molecule has 1 aromatic rings. The Bertz CT molecular complexity index is 442. The zero-order chi connectivity index (χ0) is 14.0. The zero-order valence-electron chi connectivity index (χ0n) is 12.0. The Hall–Kier alpha value is -0.960. The normalized spacial score (nSPS) is 24.2. The maximum Gasteiger partial charge on any atom is 0.128 e. The van der Waals surface area contributed by atoms with E-state index in [4.69, 9.17) is 0 Å². The Balaban J connectivity index is 2.35. The van der Waals surface area contributed by atoms with Crippen molar-refractivity contribution in [3.63, 3.8) is 0 Å². The van der Waals surface area contributed by atoms with E-state index in [1.807, 2.05) is 7.05 Å². The van der Waals surface area contributed by atoms with Crippen molar-refractivity contribution in [3.05, 3.63) is 35.4 Å². The minimum Gasteiger partial charge on any atom is -0.313 e. The molecule has 1 aromatic carbocycles. The summed E-state index contributed by atoms with van der Waals surface area (Å²) in [6.45, 7) is 4.47. The summed E-state index contributed by atoms with van der Waals surface area (Å²) in [6.07, 6.45) is 4.61. The molecule has 0 saturated heterocycles. The first-order chi connectivity index (χ1) is 8.95. The monoisotopic (exact) mass is 267 g/mol. The van der Waals surface area contributed by atoms with Gasteiger partial charge in [-0.2, -0.15) is 0 Å². The van der Waals surface area contributed by atoms with Gasteiger partial charge in [0.25, 0.3) is 0 Å². The molecule has 2 atom stereocenters. The summed E-state index contributed by atoms with van der Waals surface area (Å²) >= 11 is 0. The van der Waals surface area contributed by atoms with Crippen molar-refractivity contribution in [2.75, 3.05) is 7.05 Å². The van der Waals surface area contributed by atoms with Crippen molar-refractivity contribution >= 4 is 0 Å². The first kappa shape index (κ1) is 14.4. The van der Waals surface area contributed by atoms with Crippen molar-refractivity contribution in [2.24, 2.45) is 11.3 Å². The molecular weight excluding hydrogens is 244 g/mol. The Labute approximate surface area is 114 Å². The van der Waals surface area contributed by atoms with Crippen molar-refractivity contribution in [1.29, 1.82) is 0 Å². The number of halogens is 2. The Morgan fingerprint density at radius 3 is 2.63 bits per heavy atom. The van der Waals surface area contributed by atoms with Crippen molar-refractivity contribution < 1.29 is 8.78 Å². The van der Waals surface area contributed by atoms with E-state index >= 15 is 0 Å². The largest absolute Gasteiger partial charge is 0.313 e. The standard InChI is InChI=1S/C16H23F2N/c1-16(2)9-5-4-6-13(16)15(19-3)12-10-11(17)7-8-14(12)18/h7-8,10,13,15,19H,4-6,9H2,1-3H3. The van der Waals surface area contributed by atoms with Gasteiger partial charge < -0.3 is 5.32 Å². The minimum absolute atomic E-state index is 0.119. The average Bonchev–Trinajstić information content (AvgIpc) is 2.36. The molecule has 19 heavy (non-hydrogen) atoms. The molecule has 0 heterocycles. The highest BCUT2D eigenvalue weighted by Crippen LogP contribution is 2.47.